The van der Waals surface area contributed by atoms with Crippen LogP contribution in [0.3, 0.4) is 0 Å². The summed E-state index contributed by atoms with van der Waals surface area (Å²) >= 11 is 5.00. The Bertz CT molecular complexity index is 578. The summed E-state index contributed by atoms with van der Waals surface area (Å²) in [7, 11) is 0. The van der Waals surface area contributed by atoms with Crippen molar-refractivity contribution in [3.05, 3.63) is 56.7 Å². The third-order valence-electron chi connectivity index (χ3n) is 3.23. The van der Waals surface area contributed by atoms with E-state index in [0.717, 1.165) is 14.9 Å². The molecule has 106 valence electrons. The van der Waals surface area contributed by atoms with Crippen LogP contribution in [0.15, 0.2) is 46.3 Å². The van der Waals surface area contributed by atoms with Crippen molar-refractivity contribution in [1.82, 2.24) is 5.32 Å². The topological polar surface area (TPSA) is 55.1 Å². The molecule has 20 heavy (non-hydrogen) atoms. The number of hydrogen-bond donors (Lipinski definition) is 2. The number of amides is 1. The molecule has 2 unspecified atom stereocenters. The molecule has 3 N–H and O–H groups in total. The minimum Gasteiger partial charge on any atom is -0.347 e. The van der Waals surface area contributed by atoms with E-state index in [0.29, 0.717) is 0 Å². The van der Waals surface area contributed by atoms with Gasteiger partial charge in [0.2, 0.25) is 5.91 Å². The Morgan fingerprint density at radius 1 is 1.35 bits per heavy atom. The molecule has 0 saturated carbocycles. The minimum absolute atomic E-state index is 0.0409. The van der Waals surface area contributed by atoms with Crippen molar-refractivity contribution in [3.63, 3.8) is 0 Å². The normalized spacial score (nSPS) is 15.4. The van der Waals surface area contributed by atoms with Crippen molar-refractivity contribution >= 4 is 33.2 Å². The van der Waals surface area contributed by atoms with Crippen LogP contribution in [-0.4, -0.2) is 5.91 Å². The molecule has 2 atom stereocenters. The van der Waals surface area contributed by atoms with Crippen molar-refractivity contribution in [2.45, 2.75) is 25.4 Å². The quantitative estimate of drug-likeness (QED) is 0.883. The van der Waals surface area contributed by atoms with Gasteiger partial charge in [0.05, 0.1) is 6.04 Å². The molecule has 2 aromatic rings. The average Bonchev–Trinajstić information content (AvgIpc) is 2.93. The molecule has 0 radical (unpaired) electrons. The molecule has 1 heterocycles. The molecule has 5 heteroatoms. The van der Waals surface area contributed by atoms with E-state index in [9.17, 15) is 4.79 Å². The highest BCUT2D eigenvalue weighted by atomic mass is 79.9. The molecule has 1 aromatic carbocycles. The molecule has 0 bridgehead atoms. The summed E-state index contributed by atoms with van der Waals surface area (Å²) in [6, 6.07) is 11.4. The summed E-state index contributed by atoms with van der Waals surface area (Å²) in [6.45, 7) is 3.69. The van der Waals surface area contributed by atoms with Gasteiger partial charge in [-0.2, -0.15) is 0 Å². The number of halogens is 1. The van der Waals surface area contributed by atoms with Crippen LogP contribution in [0, 0.1) is 0 Å². The van der Waals surface area contributed by atoms with Gasteiger partial charge in [0.25, 0.3) is 0 Å². The Morgan fingerprint density at radius 2 is 2.00 bits per heavy atom. The molecular weight excluding hydrogens is 336 g/mol. The van der Waals surface area contributed by atoms with Crippen LogP contribution in [0.5, 0.6) is 0 Å². The fraction of sp³-hybridized carbons (Fsp3) is 0.267. The lowest BCUT2D eigenvalue weighted by molar-refractivity contribution is -0.126. The summed E-state index contributed by atoms with van der Waals surface area (Å²) in [4.78, 5) is 13.5. The molecule has 0 aliphatic heterocycles. The van der Waals surface area contributed by atoms with Crippen LogP contribution < -0.4 is 11.1 Å². The molecule has 0 saturated heterocycles. The van der Waals surface area contributed by atoms with Gasteiger partial charge in [0.15, 0.2) is 0 Å². The summed E-state index contributed by atoms with van der Waals surface area (Å²) in [5.41, 5.74) is 5.95. The zero-order valence-electron chi connectivity index (χ0n) is 11.4. The van der Waals surface area contributed by atoms with Crippen LogP contribution in [0.4, 0.5) is 0 Å². The van der Waals surface area contributed by atoms with E-state index in [4.69, 9.17) is 5.73 Å². The molecule has 0 fully saturated rings. The van der Waals surface area contributed by atoms with Gasteiger partial charge < -0.3 is 11.1 Å². The van der Waals surface area contributed by atoms with Gasteiger partial charge in [-0.05, 0) is 43.0 Å². The number of nitrogens with two attached hydrogens (primary N) is 1. The van der Waals surface area contributed by atoms with Crippen LogP contribution in [-0.2, 0) is 10.3 Å². The lowest BCUT2D eigenvalue weighted by atomic mass is 9.92. The Kier molecular flexibility index (Phi) is 4.62. The summed E-state index contributed by atoms with van der Waals surface area (Å²) in [6.07, 6.45) is 0. The van der Waals surface area contributed by atoms with E-state index in [2.05, 4.69) is 21.2 Å². The van der Waals surface area contributed by atoms with E-state index in [1.165, 1.54) is 0 Å². The molecule has 0 aliphatic rings. The highest BCUT2D eigenvalue weighted by molar-refractivity contribution is 9.10. The van der Waals surface area contributed by atoms with Gasteiger partial charge in [-0.15, -0.1) is 11.3 Å². The van der Waals surface area contributed by atoms with Gasteiger partial charge in [0, 0.05) is 9.35 Å². The number of hydrogen-bond acceptors (Lipinski definition) is 3. The number of nitrogens with one attached hydrogen (secondary N) is 1. The molecule has 3 nitrogen and oxygen atoms in total. The first kappa shape index (κ1) is 15.2. The maximum absolute atomic E-state index is 12.4. The molecule has 1 aromatic heterocycles. The molecular formula is C15H17BrN2OS. The second kappa shape index (κ2) is 6.08. The van der Waals surface area contributed by atoms with Gasteiger partial charge in [-0.25, -0.2) is 0 Å². The lowest BCUT2D eigenvalue weighted by Crippen LogP contribution is -2.49. The van der Waals surface area contributed by atoms with Crippen LogP contribution in [0.2, 0.25) is 0 Å². The van der Waals surface area contributed by atoms with E-state index < -0.39 is 5.54 Å². The van der Waals surface area contributed by atoms with Crippen LogP contribution >= 0.6 is 27.3 Å². The smallest absolute Gasteiger partial charge is 0.244 e. The second-order valence-electron chi connectivity index (χ2n) is 4.92. The van der Waals surface area contributed by atoms with Gasteiger partial charge in [0.1, 0.15) is 5.54 Å². The standard InChI is InChI=1S/C15H17BrN2OS/c1-10(13-4-3-9-20-13)18-14(19)15(2,17)11-5-7-12(16)8-6-11/h3-10H,17H2,1-2H3,(H,18,19). The zero-order chi connectivity index (χ0) is 14.8. The lowest BCUT2D eigenvalue weighted by Gasteiger charge is -2.26. The minimum atomic E-state index is -1.05. The predicted molar refractivity (Wildman–Crippen MR) is 86.6 cm³/mol. The first-order valence-corrected chi connectivity index (χ1v) is 7.98. The number of rotatable bonds is 4. The third-order valence-corrected chi connectivity index (χ3v) is 4.82. The van der Waals surface area contributed by atoms with Crippen LogP contribution in [0.25, 0.3) is 0 Å². The first-order chi connectivity index (χ1) is 9.41. The van der Waals surface area contributed by atoms with Gasteiger partial charge >= 0.3 is 0 Å². The van der Waals surface area contributed by atoms with Crippen molar-refractivity contribution in [3.8, 4) is 0 Å². The molecule has 0 spiro atoms. The summed E-state index contributed by atoms with van der Waals surface area (Å²) in [5.74, 6) is -0.180. The maximum atomic E-state index is 12.4. The van der Waals surface area contributed by atoms with Crippen molar-refractivity contribution in [2.24, 2.45) is 5.73 Å². The van der Waals surface area contributed by atoms with E-state index in [1.807, 2.05) is 48.7 Å². The fourth-order valence-corrected chi connectivity index (χ4v) is 2.88. The summed E-state index contributed by atoms with van der Waals surface area (Å²) in [5, 5.41) is 4.96. The highest BCUT2D eigenvalue weighted by Crippen LogP contribution is 2.23. The van der Waals surface area contributed by atoms with Gasteiger partial charge in [-0.1, -0.05) is 34.1 Å². The number of benzene rings is 1. The second-order valence-corrected chi connectivity index (χ2v) is 6.81. The third kappa shape index (κ3) is 3.29. The Hall–Kier alpha value is -1.17. The van der Waals surface area contributed by atoms with E-state index in [1.54, 1.807) is 18.3 Å². The van der Waals surface area contributed by atoms with Crippen molar-refractivity contribution < 1.29 is 4.79 Å². The first-order valence-electron chi connectivity index (χ1n) is 6.30. The molecule has 1 amide bonds. The van der Waals surface area contributed by atoms with Gasteiger partial charge in [-0.3, -0.25) is 4.79 Å². The number of carbonyl (C=O) groups excluding carboxylic acids is 1. The maximum Gasteiger partial charge on any atom is 0.244 e. The Morgan fingerprint density at radius 3 is 2.55 bits per heavy atom. The number of thiophene rings is 1. The fourth-order valence-electron chi connectivity index (χ4n) is 1.88. The van der Waals surface area contributed by atoms with E-state index in [-0.39, 0.29) is 11.9 Å². The largest absolute Gasteiger partial charge is 0.347 e. The number of carbonyl (C=O) groups is 1. The summed E-state index contributed by atoms with van der Waals surface area (Å²) < 4.78 is 0.962. The average molecular weight is 353 g/mol. The monoisotopic (exact) mass is 352 g/mol. The Labute approximate surface area is 131 Å². The SMILES string of the molecule is CC(NC(=O)C(C)(N)c1ccc(Br)cc1)c1cccs1. The van der Waals surface area contributed by atoms with Crippen molar-refractivity contribution in [2.75, 3.05) is 0 Å². The molecule has 0 aliphatic carbocycles. The van der Waals surface area contributed by atoms with E-state index >= 15 is 0 Å². The Balaban J connectivity index is 2.13. The van der Waals surface area contributed by atoms with Crippen LogP contribution in [0.1, 0.15) is 30.3 Å². The zero-order valence-corrected chi connectivity index (χ0v) is 13.8. The van der Waals surface area contributed by atoms with Crippen molar-refractivity contribution in [1.29, 1.82) is 0 Å². The predicted octanol–water partition coefficient (Wildman–Crippen LogP) is 3.56. The molecule has 2 rings (SSSR count). The highest BCUT2D eigenvalue weighted by Gasteiger charge is 2.31.